The molecule has 0 aliphatic heterocycles. The minimum absolute atomic E-state index is 0.0348. The number of benzene rings is 1. The Morgan fingerprint density at radius 3 is 2.29 bits per heavy atom. The number of fused-ring (bicyclic) bond motifs is 1. The Bertz CT molecular complexity index is 1360. The number of hydrogen-bond acceptors (Lipinski definition) is 7. The van der Waals surface area contributed by atoms with E-state index in [1.54, 1.807) is 18.5 Å². The number of anilines is 1. The van der Waals surface area contributed by atoms with Crippen LogP contribution >= 0.6 is 0 Å². The zero-order valence-electron chi connectivity index (χ0n) is 22.7. The van der Waals surface area contributed by atoms with Gasteiger partial charge >= 0.3 is 6.09 Å². The van der Waals surface area contributed by atoms with Crippen LogP contribution in [0.2, 0.25) is 0 Å². The maximum absolute atomic E-state index is 13.2. The summed E-state index contributed by atoms with van der Waals surface area (Å²) in [5.41, 5.74) is 3.80. The van der Waals surface area contributed by atoms with E-state index in [0.29, 0.717) is 11.3 Å². The second-order valence-electron chi connectivity index (χ2n) is 11.2. The van der Waals surface area contributed by atoms with E-state index in [2.05, 4.69) is 20.6 Å². The number of hydrogen-bond donors (Lipinski definition) is 2. The largest absolute Gasteiger partial charge is 0.444 e. The lowest BCUT2D eigenvalue weighted by Gasteiger charge is -2.31. The number of ether oxygens (including phenoxy) is 1. The summed E-state index contributed by atoms with van der Waals surface area (Å²) in [6.07, 6.45) is 6.29. The summed E-state index contributed by atoms with van der Waals surface area (Å²) in [4.78, 5) is 34.2. The standard InChI is InChI=1S/C30H35N5O3/c1-18(2)28(36)25-17-33-26-13-7-19(20-6-8-23(15-31)32-16-20)14-24(26)27(25)34-21-9-11-22(12-10-21)35-29(37)38-30(3,4)5/h6-8,13-14,16-18,21-22H,9-12H2,1-5H3,(H,33,34)(H,35,37). The maximum atomic E-state index is 13.2. The Morgan fingerprint density at radius 2 is 1.68 bits per heavy atom. The van der Waals surface area contributed by atoms with Crippen molar-refractivity contribution in [1.82, 2.24) is 15.3 Å². The number of pyridine rings is 2. The smallest absolute Gasteiger partial charge is 0.407 e. The lowest BCUT2D eigenvalue weighted by atomic mass is 9.90. The number of nitriles is 1. The third kappa shape index (κ3) is 6.46. The number of Topliss-reactive ketones (excluding diaryl/α,β-unsaturated/α-hetero) is 1. The van der Waals surface area contributed by atoms with Crippen LogP contribution in [-0.2, 0) is 4.74 Å². The number of carbonyl (C=O) groups excluding carboxylic acids is 2. The van der Waals surface area contributed by atoms with Crippen LogP contribution in [0.15, 0.2) is 42.7 Å². The Morgan fingerprint density at radius 1 is 1.00 bits per heavy atom. The Hall–Kier alpha value is -3.99. The Balaban J connectivity index is 1.60. The molecular formula is C30H35N5O3. The second-order valence-corrected chi connectivity index (χ2v) is 11.2. The summed E-state index contributed by atoms with van der Waals surface area (Å²) >= 11 is 0. The van der Waals surface area contributed by atoms with Crippen molar-refractivity contribution in [2.45, 2.75) is 78.0 Å². The molecular weight excluding hydrogens is 478 g/mol. The van der Waals surface area contributed by atoms with Crippen LogP contribution in [0, 0.1) is 17.2 Å². The third-order valence-electron chi connectivity index (χ3n) is 6.67. The van der Waals surface area contributed by atoms with Crippen LogP contribution in [0.4, 0.5) is 10.5 Å². The number of alkyl carbamates (subject to hydrolysis) is 1. The first-order valence-corrected chi connectivity index (χ1v) is 13.1. The molecule has 198 valence electrons. The van der Waals surface area contributed by atoms with Gasteiger partial charge in [0.25, 0.3) is 0 Å². The molecule has 1 fully saturated rings. The molecule has 0 unspecified atom stereocenters. The molecule has 2 heterocycles. The Labute approximate surface area is 223 Å². The lowest BCUT2D eigenvalue weighted by Crippen LogP contribution is -2.42. The molecule has 8 heteroatoms. The zero-order valence-corrected chi connectivity index (χ0v) is 22.7. The van der Waals surface area contributed by atoms with Crippen molar-refractivity contribution in [1.29, 1.82) is 5.26 Å². The van der Waals surface area contributed by atoms with Gasteiger partial charge < -0.3 is 15.4 Å². The predicted octanol–water partition coefficient (Wildman–Crippen LogP) is 6.25. The van der Waals surface area contributed by atoms with E-state index < -0.39 is 5.60 Å². The highest BCUT2D eigenvalue weighted by Gasteiger charge is 2.27. The fraction of sp³-hybridized carbons (Fsp3) is 0.433. The van der Waals surface area contributed by atoms with E-state index in [1.165, 1.54) is 0 Å². The number of carbonyl (C=O) groups is 2. The highest BCUT2D eigenvalue weighted by Crippen LogP contribution is 2.34. The molecule has 38 heavy (non-hydrogen) atoms. The maximum Gasteiger partial charge on any atom is 0.407 e. The molecule has 0 spiro atoms. The fourth-order valence-corrected chi connectivity index (χ4v) is 4.72. The SMILES string of the molecule is CC(C)C(=O)c1cnc2ccc(-c3ccc(C#N)nc3)cc2c1NC1CCC(NC(=O)OC(C)(C)C)CC1. The molecule has 0 saturated heterocycles. The summed E-state index contributed by atoms with van der Waals surface area (Å²) < 4.78 is 5.41. The highest BCUT2D eigenvalue weighted by molar-refractivity contribution is 6.09. The van der Waals surface area contributed by atoms with Gasteiger partial charge in [0.1, 0.15) is 17.4 Å². The van der Waals surface area contributed by atoms with Crippen molar-refractivity contribution in [3.63, 3.8) is 0 Å². The molecule has 2 aromatic heterocycles. The van der Waals surface area contributed by atoms with Gasteiger partial charge in [0.15, 0.2) is 5.78 Å². The monoisotopic (exact) mass is 513 g/mol. The van der Waals surface area contributed by atoms with Crippen LogP contribution < -0.4 is 10.6 Å². The zero-order chi connectivity index (χ0) is 27.4. The first kappa shape index (κ1) is 27.1. The molecule has 0 bridgehead atoms. The fourth-order valence-electron chi connectivity index (χ4n) is 4.72. The topological polar surface area (TPSA) is 117 Å². The first-order chi connectivity index (χ1) is 18.0. The van der Waals surface area contributed by atoms with Gasteiger partial charge in [0.2, 0.25) is 0 Å². The van der Waals surface area contributed by atoms with Crippen LogP contribution in [0.5, 0.6) is 0 Å². The number of amides is 1. The van der Waals surface area contributed by atoms with E-state index in [4.69, 9.17) is 10.00 Å². The van der Waals surface area contributed by atoms with E-state index in [9.17, 15) is 9.59 Å². The van der Waals surface area contributed by atoms with E-state index in [-0.39, 0.29) is 29.9 Å². The van der Waals surface area contributed by atoms with Gasteiger partial charge in [-0.05, 0) is 76.3 Å². The molecule has 8 nitrogen and oxygen atoms in total. The Kier molecular flexibility index (Phi) is 7.96. The van der Waals surface area contributed by atoms with E-state index in [1.807, 2.05) is 65.0 Å². The molecule has 4 rings (SSSR count). The summed E-state index contributed by atoms with van der Waals surface area (Å²) in [6, 6.07) is 11.8. The number of aromatic nitrogens is 2. The molecule has 1 saturated carbocycles. The van der Waals surface area contributed by atoms with Crippen molar-refractivity contribution < 1.29 is 14.3 Å². The van der Waals surface area contributed by atoms with Gasteiger partial charge in [-0.3, -0.25) is 9.78 Å². The molecule has 1 aliphatic carbocycles. The summed E-state index contributed by atoms with van der Waals surface area (Å²) in [5.74, 6) is -0.137. The van der Waals surface area contributed by atoms with Crippen LogP contribution in [0.3, 0.4) is 0 Å². The quantitative estimate of drug-likeness (QED) is 0.374. The lowest BCUT2D eigenvalue weighted by molar-refractivity contribution is 0.0492. The third-order valence-corrected chi connectivity index (χ3v) is 6.67. The van der Waals surface area contributed by atoms with Crippen molar-refractivity contribution in [3.05, 3.63) is 54.0 Å². The van der Waals surface area contributed by atoms with Crippen molar-refractivity contribution in [2.24, 2.45) is 5.92 Å². The predicted molar refractivity (Wildman–Crippen MR) is 148 cm³/mol. The van der Waals surface area contributed by atoms with E-state index in [0.717, 1.165) is 53.4 Å². The average Bonchev–Trinajstić information content (AvgIpc) is 2.88. The molecule has 1 aliphatic rings. The van der Waals surface area contributed by atoms with Gasteiger partial charge in [-0.2, -0.15) is 5.26 Å². The molecule has 0 radical (unpaired) electrons. The van der Waals surface area contributed by atoms with Gasteiger partial charge in [0, 0.05) is 41.3 Å². The normalized spacial score (nSPS) is 17.6. The summed E-state index contributed by atoms with van der Waals surface area (Å²) in [6.45, 7) is 9.34. The minimum Gasteiger partial charge on any atom is -0.444 e. The molecule has 0 atom stereocenters. The van der Waals surface area contributed by atoms with Crippen molar-refractivity contribution in [3.8, 4) is 17.2 Å². The van der Waals surface area contributed by atoms with Gasteiger partial charge in [0.05, 0.1) is 16.8 Å². The van der Waals surface area contributed by atoms with Crippen LogP contribution in [0.25, 0.3) is 22.0 Å². The van der Waals surface area contributed by atoms with Crippen LogP contribution in [-0.4, -0.2) is 39.5 Å². The first-order valence-electron chi connectivity index (χ1n) is 13.1. The van der Waals surface area contributed by atoms with E-state index >= 15 is 0 Å². The number of rotatable bonds is 6. The van der Waals surface area contributed by atoms with Gasteiger partial charge in [-0.15, -0.1) is 0 Å². The van der Waals surface area contributed by atoms with Crippen LogP contribution in [0.1, 0.15) is 76.4 Å². The average molecular weight is 514 g/mol. The van der Waals surface area contributed by atoms with Gasteiger partial charge in [-0.25, -0.2) is 9.78 Å². The minimum atomic E-state index is -0.530. The molecule has 1 amide bonds. The van der Waals surface area contributed by atoms with Crippen molar-refractivity contribution >= 4 is 28.5 Å². The molecule has 2 N–H and O–H groups in total. The van der Waals surface area contributed by atoms with Gasteiger partial charge in [-0.1, -0.05) is 19.9 Å². The number of nitrogens with one attached hydrogen (secondary N) is 2. The summed E-state index contributed by atoms with van der Waals surface area (Å²) in [5, 5.41) is 16.6. The molecule has 3 aromatic rings. The second kappa shape index (κ2) is 11.2. The van der Waals surface area contributed by atoms with Crippen molar-refractivity contribution in [2.75, 3.05) is 5.32 Å². The molecule has 1 aromatic carbocycles. The number of ketones is 1. The summed E-state index contributed by atoms with van der Waals surface area (Å²) in [7, 11) is 0. The highest BCUT2D eigenvalue weighted by atomic mass is 16.6. The number of nitrogens with zero attached hydrogens (tertiary/aromatic N) is 3.